The van der Waals surface area contributed by atoms with E-state index in [1.807, 2.05) is 12.1 Å². The minimum absolute atomic E-state index is 0.260. The lowest BCUT2D eigenvalue weighted by molar-refractivity contribution is -0.117. The van der Waals surface area contributed by atoms with Gasteiger partial charge in [0.1, 0.15) is 11.5 Å². The van der Waals surface area contributed by atoms with E-state index in [0.717, 1.165) is 19.3 Å². The number of benzene rings is 1. The number of aryl methyl sites for hydroxylation is 1. The van der Waals surface area contributed by atoms with Crippen molar-refractivity contribution in [2.24, 2.45) is 0 Å². The molecule has 0 fully saturated rings. The van der Waals surface area contributed by atoms with E-state index in [1.54, 1.807) is 19.1 Å². The predicted octanol–water partition coefficient (Wildman–Crippen LogP) is 2.69. The van der Waals surface area contributed by atoms with Crippen molar-refractivity contribution >= 4 is 5.78 Å². The number of phenolic OH excluding ortho intramolecular Hbond substituents is 1. The van der Waals surface area contributed by atoms with Gasteiger partial charge in [-0.15, -0.1) is 0 Å². The Hall–Kier alpha value is -1.31. The first-order valence-electron chi connectivity index (χ1n) is 4.96. The lowest BCUT2D eigenvalue weighted by Gasteiger charge is -2.00. The zero-order chi connectivity index (χ0) is 10.4. The highest BCUT2D eigenvalue weighted by atomic mass is 16.3. The lowest BCUT2D eigenvalue weighted by Crippen LogP contribution is -1.91. The third-order valence-electron chi connectivity index (χ3n) is 2.18. The molecule has 0 saturated carbocycles. The van der Waals surface area contributed by atoms with Crippen LogP contribution in [0.1, 0.15) is 31.7 Å². The van der Waals surface area contributed by atoms with E-state index in [2.05, 4.69) is 0 Å². The molecule has 1 aromatic rings. The van der Waals surface area contributed by atoms with E-state index in [4.69, 9.17) is 5.11 Å². The van der Waals surface area contributed by atoms with Crippen LogP contribution in [0.4, 0.5) is 0 Å². The van der Waals surface area contributed by atoms with E-state index in [-0.39, 0.29) is 5.78 Å². The van der Waals surface area contributed by atoms with E-state index in [0.29, 0.717) is 12.2 Å². The normalized spacial score (nSPS) is 10.1. The van der Waals surface area contributed by atoms with Crippen molar-refractivity contribution in [2.75, 3.05) is 0 Å². The third kappa shape index (κ3) is 4.08. The van der Waals surface area contributed by atoms with Crippen molar-refractivity contribution in [1.29, 1.82) is 0 Å². The standard InChI is InChI=1S/C12H16O2/c1-10(13)4-2-3-5-11-6-8-12(14)9-7-11/h6-9,14H,2-5H2,1H3. The minimum atomic E-state index is 0.260. The summed E-state index contributed by atoms with van der Waals surface area (Å²) in [6.07, 6.45) is 3.65. The smallest absolute Gasteiger partial charge is 0.129 e. The second-order valence-corrected chi connectivity index (χ2v) is 3.58. The molecule has 14 heavy (non-hydrogen) atoms. The van der Waals surface area contributed by atoms with Crippen LogP contribution in [0.25, 0.3) is 0 Å². The Kier molecular flexibility index (Phi) is 4.17. The molecule has 0 saturated heterocycles. The molecule has 0 atom stereocenters. The molecule has 0 aromatic heterocycles. The first-order chi connectivity index (χ1) is 6.68. The van der Waals surface area contributed by atoms with Gasteiger partial charge in [-0.3, -0.25) is 0 Å². The SMILES string of the molecule is CC(=O)CCCCc1ccc(O)cc1. The average molecular weight is 192 g/mol. The molecule has 76 valence electrons. The number of carbonyl (C=O) groups is 1. The van der Waals surface area contributed by atoms with Crippen LogP contribution in [0.2, 0.25) is 0 Å². The van der Waals surface area contributed by atoms with Gasteiger partial charge in [0, 0.05) is 6.42 Å². The molecule has 0 heterocycles. The van der Waals surface area contributed by atoms with E-state index in [9.17, 15) is 4.79 Å². The molecule has 0 spiro atoms. The summed E-state index contributed by atoms with van der Waals surface area (Å²) in [5.74, 6) is 0.563. The van der Waals surface area contributed by atoms with Crippen LogP contribution in [0.5, 0.6) is 5.75 Å². The summed E-state index contributed by atoms with van der Waals surface area (Å²) < 4.78 is 0. The highest BCUT2D eigenvalue weighted by Crippen LogP contribution is 2.12. The number of hydrogen-bond donors (Lipinski definition) is 1. The average Bonchev–Trinajstić information content (AvgIpc) is 2.15. The minimum Gasteiger partial charge on any atom is -0.508 e. The molecule has 0 bridgehead atoms. The molecule has 0 amide bonds. The summed E-state index contributed by atoms with van der Waals surface area (Å²) in [7, 11) is 0. The Morgan fingerprint density at radius 1 is 1.21 bits per heavy atom. The summed E-state index contributed by atoms with van der Waals surface area (Å²) in [6, 6.07) is 7.23. The fourth-order valence-electron chi connectivity index (χ4n) is 1.37. The molecular weight excluding hydrogens is 176 g/mol. The van der Waals surface area contributed by atoms with Gasteiger partial charge in [-0.05, 0) is 43.9 Å². The van der Waals surface area contributed by atoms with Crippen LogP contribution in [0.3, 0.4) is 0 Å². The van der Waals surface area contributed by atoms with Crippen molar-refractivity contribution in [3.8, 4) is 5.75 Å². The predicted molar refractivity (Wildman–Crippen MR) is 56.3 cm³/mol. The van der Waals surface area contributed by atoms with Gasteiger partial charge in [-0.25, -0.2) is 0 Å². The Balaban J connectivity index is 2.25. The topological polar surface area (TPSA) is 37.3 Å². The first kappa shape index (κ1) is 10.8. The third-order valence-corrected chi connectivity index (χ3v) is 2.18. The van der Waals surface area contributed by atoms with Gasteiger partial charge in [0.15, 0.2) is 0 Å². The number of carbonyl (C=O) groups excluding carboxylic acids is 1. The van der Waals surface area contributed by atoms with E-state index in [1.165, 1.54) is 5.56 Å². The molecule has 2 nitrogen and oxygen atoms in total. The number of Topliss-reactive ketones (excluding diaryl/α,β-unsaturated/α-hetero) is 1. The number of aromatic hydroxyl groups is 1. The summed E-state index contributed by atoms with van der Waals surface area (Å²) in [6.45, 7) is 1.63. The zero-order valence-corrected chi connectivity index (χ0v) is 8.49. The molecule has 1 rings (SSSR count). The summed E-state index contributed by atoms with van der Waals surface area (Å²) in [5.41, 5.74) is 1.21. The van der Waals surface area contributed by atoms with Crippen molar-refractivity contribution in [3.63, 3.8) is 0 Å². The Morgan fingerprint density at radius 2 is 1.86 bits per heavy atom. The molecule has 0 aliphatic carbocycles. The number of ketones is 1. The van der Waals surface area contributed by atoms with Gasteiger partial charge < -0.3 is 9.90 Å². The Morgan fingerprint density at radius 3 is 2.43 bits per heavy atom. The molecule has 0 radical (unpaired) electrons. The zero-order valence-electron chi connectivity index (χ0n) is 8.49. The van der Waals surface area contributed by atoms with Gasteiger partial charge >= 0.3 is 0 Å². The van der Waals surface area contributed by atoms with Crippen LogP contribution >= 0.6 is 0 Å². The Bertz CT molecular complexity index is 288. The number of phenols is 1. The fraction of sp³-hybridized carbons (Fsp3) is 0.417. The van der Waals surface area contributed by atoms with Crippen molar-refractivity contribution < 1.29 is 9.90 Å². The van der Waals surface area contributed by atoms with Crippen LogP contribution < -0.4 is 0 Å². The van der Waals surface area contributed by atoms with Gasteiger partial charge in [0.25, 0.3) is 0 Å². The maximum Gasteiger partial charge on any atom is 0.129 e. The number of rotatable bonds is 5. The molecule has 1 aromatic carbocycles. The highest BCUT2D eigenvalue weighted by Gasteiger charge is 1.96. The van der Waals surface area contributed by atoms with Gasteiger partial charge in [0.2, 0.25) is 0 Å². The van der Waals surface area contributed by atoms with E-state index < -0.39 is 0 Å². The molecular formula is C12H16O2. The van der Waals surface area contributed by atoms with Crippen LogP contribution in [-0.2, 0) is 11.2 Å². The van der Waals surface area contributed by atoms with E-state index >= 15 is 0 Å². The van der Waals surface area contributed by atoms with Crippen LogP contribution in [0.15, 0.2) is 24.3 Å². The van der Waals surface area contributed by atoms with Crippen molar-refractivity contribution in [3.05, 3.63) is 29.8 Å². The second-order valence-electron chi connectivity index (χ2n) is 3.58. The van der Waals surface area contributed by atoms with Gasteiger partial charge in [-0.2, -0.15) is 0 Å². The summed E-state index contributed by atoms with van der Waals surface area (Å²) in [4.78, 5) is 10.7. The molecule has 0 aliphatic heterocycles. The molecule has 0 aliphatic rings. The largest absolute Gasteiger partial charge is 0.508 e. The van der Waals surface area contributed by atoms with Crippen molar-refractivity contribution in [2.45, 2.75) is 32.6 Å². The second kappa shape index (κ2) is 5.43. The lowest BCUT2D eigenvalue weighted by atomic mass is 10.1. The molecule has 0 unspecified atom stereocenters. The van der Waals surface area contributed by atoms with Crippen LogP contribution in [0, 0.1) is 0 Å². The van der Waals surface area contributed by atoms with Crippen LogP contribution in [-0.4, -0.2) is 10.9 Å². The van der Waals surface area contributed by atoms with Crippen molar-refractivity contribution in [1.82, 2.24) is 0 Å². The summed E-state index contributed by atoms with van der Waals surface area (Å²) >= 11 is 0. The monoisotopic (exact) mass is 192 g/mol. The maximum atomic E-state index is 10.7. The highest BCUT2D eigenvalue weighted by molar-refractivity contribution is 5.75. The maximum absolute atomic E-state index is 10.7. The van der Waals surface area contributed by atoms with Gasteiger partial charge in [0.05, 0.1) is 0 Å². The number of hydrogen-bond acceptors (Lipinski definition) is 2. The fourth-order valence-corrected chi connectivity index (χ4v) is 1.37. The molecule has 1 N–H and O–H groups in total. The number of unbranched alkanes of at least 4 members (excludes halogenated alkanes) is 1. The quantitative estimate of drug-likeness (QED) is 0.728. The molecule has 2 heteroatoms. The first-order valence-corrected chi connectivity index (χ1v) is 4.96. The summed E-state index contributed by atoms with van der Waals surface area (Å²) in [5, 5.41) is 9.06. The van der Waals surface area contributed by atoms with Gasteiger partial charge in [-0.1, -0.05) is 12.1 Å². The Labute approximate surface area is 84.6 Å².